The minimum absolute atomic E-state index is 0.176. The van der Waals surface area contributed by atoms with Gasteiger partial charge in [-0.15, -0.1) is 11.3 Å². The fourth-order valence-electron chi connectivity index (χ4n) is 3.82. The SMILES string of the molecule is CC[C@H](C(=O)Nc1sc2c(c1C(=O)OC)CCCC2)N(c1ccc(F)cc1)S(C)(=O)=O. The molecular weight excluding hydrogens is 443 g/mol. The molecule has 0 bridgehead atoms. The topological polar surface area (TPSA) is 92.8 Å². The van der Waals surface area contributed by atoms with Crippen LogP contribution in [-0.2, 0) is 32.4 Å². The number of ether oxygens (including phenoxy) is 1. The Bertz CT molecular complexity index is 1080. The quantitative estimate of drug-likeness (QED) is 0.625. The molecule has 1 N–H and O–H groups in total. The van der Waals surface area contributed by atoms with Crippen LogP contribution in [0.5, 0.6) is 0 Å². The summed E-state index contributed by atoms with van der Waals surface area (Å²) in [6.45, 7) is 1.69. The third-order valence-corrected chi connectivity index (χ3v) is 7.60. The summed E-state index contributed by atoms with van der Waals surface area (Å²) in [4.78, 5) is 26.7. The summed E-state index contributed by atoms with van der Waals surface area (Å²) in [7, 11) is -2.56. The number of halogens is 1. The van der Waals surface area contributed by atoms with Gasteiger partial charge in [0.25, 0.3) is 0 Å². The van der Waals surface area contributed by atoms with Crippen molar-refractivity contribution in [1.29, 1.82) is 0 Å². The normalized spacial score (nSPS) is 14.5. The van der Waals surface area contributed by atoms with E-state index in [1.54, 1.807) is 6.92 Å². The van der Waals surface area contributed by atoms with Crippen molar-refractivity contribution in [2.45, 2.75) is 45.1 Å². The van der Waals surface area contributed by atoms with Crippen LogP contribution in [-0.4, -0.2) is 39.7 Å². The standard InChI is InChI=1S/C21H25FN2O5S2/c1-4-16(24(31(3,27)28)14-11-9-13(22)10-12-14)19(25)23-20-18(21(26)29-2)15-7-5-6-8-17(15)30-20/h9-12,16H,4-8H2,1-3H3,(H,23,25)/t16-/m1/s1. The number of hydrogen-bond donors (Lipinski definition) is 1. The van der Waals surface area contributed by atoms with Crippen LogP contribution in [0.1, 0.15) is 47.0 Å². The summed E-state index contributed by atoms with van der Waals surface area (Å²) in [5.41, 5.74) is 1.42. The van der Waals surface area contributed by atoms with Gasteiger partial charge >= 0.3 is 5.97 Å². The Morgan fingerprint density at radius 1 is 1.23 bits per heavy atom. The Kier molecular flexibility index (Phi) is 7.00. The van der Waals surface area contributed by atoms with Gasteiger partial charge in [0.2, 0.25) is 15.9 Å². The van der Waals surface area contributed by atoms with Crippen molar-refractivity contribution in [3.05, 3.63) is 46.1 Å². The highest BCUT2D eigenvalue weighted by Gasteiger charge is 2.34. The zero-order chi connectivity index (χ0) is 22.8. The van der Waals surface area contributed by atoms with Gasteiger partial charge in [-0.2, -0.15) is 0 Å². The van der Waals surface area contributed by atoms with Crippen molar-refractivity contribution < 1.29 is 27.1 Å². The van der Waals surface area contributed by atoms with Gasteiger partial charge in [0.05, 0.1) is 24.6 Å². The second-order valence-corrected chi connectivity index (χ2v) is 10.3. The number of rotatable bonds is 7. The maximum atomic E-state index is 13.4. The van der Waals surface area contributed by atoms with E-state index in [4.69, 9.17) is 4.74 Å². The van der Waals surface area contributed by atoms with E-state index in [9.17, 15) is 22.4 Å². The van der Waals surface area contributed by atoms with Gasteiger partial charge in [0.15, 0.2) is 0 Å². The number of amides is 1. The van der Waals surface area contributed by atoms with E-state index in [-0.39, 0.29) is 12.1 Å². The number of esters is 1. The second kappa shape index (κ2) is 9.35. The molecule has 1 aliphatic rings. The molecule has 0 saturated heterocycles. The maximum absolute atomic E-state index is 13.4. The molecule has 0 fully saturated rings. The number of carbonyl (C=O) groups is 2. The van der Waals surface area contributed by atoms with Gasteiger partial charge in [-0.3, -0.25) is 9.10 Å². The summed E-state index contributed by atoms with van der Waals surface area (Å²) < 4.78 is 44.3. The van der Waals surface area contributed by atoms with Gasteiger partial charge < -0.3 is 10.1 Å². The Morgan fingerprint density at radius 2 is 1.87 bits per heavy atom. The highest BCUT2D eigenvalue weighted by atomic mass is 32.2. The smallest absolute Gasteiger partial charge is 0.341 e. The summed E-state index contributed by atoms with van der Waals surface area (Å²) in [6.07, 6.45) is 4.68. The predicted molar refractivity (Wildman–Crippen MR) is 119 cm³/mol. The lowest BCUT2D eigenvalue weighted by Gasteiger charge is -2.30. The molecule has 7 nitrogen and oxygen atoms in total. The lowest BCUT2D eigenvalue weighted by Crippen LogP contribution is -2.47. The van der Waals surface area contributed by atoms with Crippen molar-refractivity contribution in [3.63, 3.8) is 0 Å². The molecular formula is C21H25FN2O5S2. The first-order chi connectivity index (χ1) is 14.7. The minimum atomic E-state index is -3.85. The fourth-order valence-corrected chi connectivity index (χ4v) is 6.31. The molecule has 1 amide bonds. The molecule has 0 unspecified atom stereocenters. The van der Waals surface area contributed by atoms with Crippen LogP contribution >= 0.6 is 11.3 Å². The number of nitrogens with one attached hydrogen (secondary N) is 1. The van der Waals surface area contributed by atoms with Crippen LogP contribution in [0.2, 0.25) is 0 Å². The number of anilines is 2. The zero-order valence-corrected chi connectivity index (χ0v) is 19.2. The van der Waals surface area contributed by atoms with Gasteiger partial charge in [0.1, 0.15) is 16.9 Å². The van der Waals surface area contributed by atoms with Crippen LogP contribution in [0.25, 0.3) is 0 Å². The van der Waals surface area contributed by atoms with Gasteiger partial charge in [-0.25, -0.2) is 17.6 Å². The van der Waals surface area contributed by atoms with Gasteiger partial charge in [0, 0.05) is 4.88 Å². The molecule has 1 aliphatic carbocycles. The molecule has 0 radical (unpaired) electrons. The van der Waals surface area contributed by atoms with E-state index >= 15 is 0 Å². The Morgan fingerprint density at radius 3 is 2.45 bits per heavy atom. The van der Waals surface area contributed by atoms with E-state index < -0.39 is 33.8 Å². The number of nitrogens with zero attached hydrogens (tertiary/aromatic N) is 1. The van der Waals surface area contributed by atoms with Crippen molar-refractivity contribution in [1.82, 2.24) is 0 Å². The molecule has 1 aromatic carbocycles. The molecule has 2 aromatic rings. The monoisotopic (exact) mass is 468 g/mol. The number of aryl methyl sites for hydroxylation is 1. The Balaban J connectivity index is 1.98. The second-order valence-electron chi connectivity index (χ2n) is 7.36. The average molecular weight is 469 g/mol. The first-order valence-corrected chi connectivity index (χ1v) is 12.6. The summed E-state index contributed by atoms with van der Waals surface area (Å²) in [5, 5.41) is 3.14. The lowest BCUT2D eigenvalue weighted by atomic mass is 9.95. The maximum Gasteiger partial charge on any atom is 0.341 e. The van der Waals surface area contributed by atoms with Crippen molar-refractivity contribution >= 4 is 43.9 Å². The van der Waals surface area contributed by atoms with E-state index in [1.807, 2.05) is 0 Å². The number of sulfonamides is 1. The number of thiophene rings is 1. The number of fused-ring (bicyclic) bond motifs is 1. The van der Waals surface area contributed by atoms with Crippen LogP contribution < -0.4 is 9.62 Å². The largest absolute Gasteiger partial charge is 0.465 e. The van der Waals surface area contributed by atoms with E-state index in [2.05, 4.69) is 5.32 Å². The zero-order valence-electron chi connectivity index (χ0n) is 17.6. The molecule has 1 aromatic heterocycles. The summed E-state index contributed by atoms with van der Waals surface area (Å²) in [5.74, 6) is -1.61. The van der Waals surface area contributed by atoms with E-state index in [1.165, 1.54) is 30.6 Å². The van der Waals surface area contributed by atoms with E-state index in [0.29, 0.717) is 10.6 Å². The molecule has 0 aliphatic heterocycles. The lowest BCUT2D eigenvalue weighted by molar-refractivity contribution is -0.117. The first kappa shape index (κ1) is 23.2. The van der Waals surface area contributed by atoms with Crippen LogP contribution in [0.15, 0.2) is 24.3 Å². The number of methoxy groups -OCH3 is 1. The Hall–Kier alpha value is -2.46. The number of benzene rings is 1. The van der Waals surface area contributed by atoms with Gasteiger partial charge in [-0.1, -0.05) is 6.92 Å². The molecule has 10 heteroatoms. The number of carbonyl (C=O) groups excluding carboxylic acids is 2. The van der Waals surface area contributed by atoms with Crippen LogP contribution in [0, 0.1) is 5.82 Å². The van der Waals surface area contributed by atoms with Crippen molar-refractivity contribution in [2.75, 3.05) is 23.0 Å². The summed E-state index contributed by atoms with van der Waals surface area (Å²) in [6, 6.07) is 3.83. The fraction of sp³-hybridized carbons (Fsp3) is 0.429. The molecule has 1 heterocycles. The first-order valence-electron chi connectivity index (χ1n) is 9.96. The number of hydrogen-bond acceptors (Lipinski definition) is 6. The van der Waals surface area contributed by atoms with Crippen molar-refractivity contribution in [3.8, 4) is 0 Å². The van der Waals surface area contributed by atoms with Crippen molar-refractivity contribution in [2.24, 2.45) is 0 Å². The summed E-state index contributed by atoms with van der Waals surface area (Å²) >= 11 is 1.33. The molecule has 1 atom stereocenters. The molecule has 168 valence electrons. The van der Waals surface area contributed by atoms with E-state index in [0.717, 1.165) is 58.8 Å². The third kappa shape index (κ3) is 4.90. The molecule has 0 spiro atoms. The molecule has 31 heavy (non-hydrogen) atoms. The Labute approximate surface area is 185 Å². The third-order valence-electron chi connectivity index (χ3n) is 5.21. The van der Waals surface area contributed by atoms with Gasteiger partial charge in [-0.05, 0) is 61.9 Å². The predicted octanol–water partition coefficient (Wildman–Crippen LogP) is 3.74. The van der Waals surface area contributed by atoms with Crippen LogP contribution in [0.4, 0.5) is 15.1 Å². The highest BCUT2D eigenvalue weighted by Crippen LogP contribution is 2.39. The molecule has 0 saturated carbocycles. The average Bonchev–Trinajstić information content (AvgIpc) is 3.09. The van der Waals surface area contributed by atoms with Crippen LogP contribution in [0.3, 0.4) is 0 Å². The molecule has 3 rings (SSSR count). The minimum Gasteiger partial charge on any atom is -0.465 e. The highest BCUT2D eigenvalue weighted by molar-refractivity contribution is 7.92.